The zero-order chi connectivity index (χ0) is 25.3. The molecule has 0 aromatic heterocycles. The van der Waals surface area contributed by atoms with E-state index in [9.17, 15) is 28.1 Å². The topological polar surface area (TPSA) is 181 Å². The second kappa shape index (κ2) is 12.3. The number of hydrogen-bond donors (Lipinski definition) is 2. The van der Waals surface area contributed by atoms with E-state index in [0.717, 1.165) is 6.07 Å². The minimum atomic E-state index is -3.96. The molecule has 0 radical (unpaired) electrons. The molecule has 14 heteroatoms. The van der Waals surface area contributed by atoms with Crippen LogP contribution in [-0.2, 0) is 29.1 Å². The van der Waals surface area contributed by atoms with Gasteiger partial charge in [-0.3, -0.25) is 14.9 Å². The summed E-state index contributed by atoms with van der Waals surface area (Å²) in [5, 5.41) is 25.3. The van der Waals surface area contributed by atoms with Gasteiger partial charge in [0.15, 0.2) is 6.61 Å². The number of hydrogen-bond acceptors (Lipinski definition) is 10. The summed E-state index contributed by atoms with van der Waals surface area (Å²) in [5.41, 5.74) is -0.595. The first-order chi connectivity index (χ1) is 16.1. The molecule has 1 fully saturated rings. The number of anilines is 1. The molecule has 0 bridgehead atoms. The molecule has 1 amide bonds. The normalized spacial score (nSPS) is 15.2. The average molecular weight is 498 g/mol. The van der Waals surface area contributed by atoms with Crippen molar-refractivity contribution in [1.82, 2.24) is 9.62 Å². The number of nitro benzene ring substituents is 1. The minimum Gasteiger partial charge on any atom is -0.454 e. The quantitative estimate of drug-likeness (QED) is 0.190. The smallest absolute Gasteiger partial charge is 0.329 e. The summed E-state index contributed by atoms with van der Waals surface area (Å²) in [6, 6.07) is 4.21. The Hall–Kier alpha value is -3.28. The molecular formula is C20H27N5O8S. The molecule has 1 saturated heterocycles. The van der Waals surface area contributed by atoms with Crippen LogP contribution in [0.5, 0.6) is 0 Å². The van der Waals surface area contributed by atoms with Crippen LogP contribution in [0.25, 0.3) is 0 Å². The van der Waals surface area contributed by atoms with Gasteiger partial charge < -0.3 is 20.1 Å². The first-order valence-corrected chi connectivity index (χ1v) is 11.9. The summed E-state index contributed by atoms with van der Waals surface area (Å²) in [6.07, 6.45) is 0.108. The van der Waals surface area contributed by atoms with Gasteiger partial charge in [-0.25, -0.2) is 13.2 Å². The van der Waals surface area contributed by atoms with Crippen LogP contribution in [0.4, 0.5) is 11.4 Å². The monoisotopic (exact) mass is 497 g/mol. The fourth-order valence-electron chi connectivity index (χ4n) is 3.08. The van der Waals surface area contributed by atoms with Gasteiger partial charge in [-0.05, 0) is 18.1 Å². The van der Waals surface area contributed by atoms with Crippen molar-refractivity contribution in [2.24, 2.45) is 5.92 Å². The first-order valence-electron chi connectivity index (χ1n) is 10.5. The second-order valence-corrected chi connectivity index (χ2v) is 9.62. The van der Waals surface area contributed by atoms with Crippen LogP contribution in [0.3, 0.4) is 0 Å². The molecule has 1 aromatic carbocycles. The highest BCUT2D eigenvalue weighted by Crippen LogP contribution is 2.30. The van der Waals surface area contributed by atoms with E-state index in [1.54, 1.807) is 13.8 Å². The van der Waals surface area contributed by atoms with E-state index in [-0.39, 0.29) is 55.8 Å². The number of benzene rings is 1. The second-order valence-electron chi connectivity index (χ2n) is 7.68. The third-order valence-electron chi connectivity index (χ3n) is 4.91. The van der Waals surface area contributed by atoms with Crippen molar-refractivity contribution in [3.05, 3.63) is 28.3 Å². The van der Waals surface area contributed by atoms with Crippen LogP contribution in [0.2, 0.25) is 0 Å². The van der Waals surface area contributed by atoms with Crippen LogP contribution in [-0.4, -0.2) is 75.0 Å². The molecule has 13 nitrogen and oxygen atoms in total. The SMILES string of the molecule is CC(C)C(Nc1ccc(S(=O)(=O)N2CCOCC2)cc1[N+](=O)[O-])C(=O)OCC(=O)NCCC#N. The third-order valence-corrected chi connectivity index (χ3v) is 6.80. The molecule has 34 heavy (non-hydrogen) atoms. The molecule has 1 atom stereocenters. The van der Waals surface area contributed by atoms with E-state index in [0.29, 0.717) is 0 Å². The predicted molar refractivity (Wildman–Crippen MR) is 119 cm³/mol. The number of carbonyl (C=O) groups excluding carboxylic acids is 2. The Labute approximate surface area is 197 Å². The summed E-state index contributed by atoms with van der Waals surface area (Å²) in [7, 11) is -3.96. The van der Waals surface area contributed by atoms with Crippen molar-refractivity contribution in [1.29, 1.82) is 5.26 Å². The lowest BCUT2D eigenvalue weighted by atomic mass is 10.0. The summed E-state index contributed by atoms with van der Waals surface area (Å²) in [6.45, 7) is 3.64. The van der Waals surface area contributed by atoms with E-state index in [1.807, 2.05) is 6.07 Å². The van der Waals surface area contributed by atoms with Crippen LogP contribution < -0.4 is 10.6 Å². The molecule has 1 aliphatic rings. The summed E-state index contributed by atoms with van der Waals surface area (Å²) in [5.74, 6) is -1.79. The number of nitrogens with zero attached hydrogens (tertiary/aromatic N) is 3. The average Bonchev–Trinajstić information content (AvgIpc) is 2.81. The lowest BCUT2D eigenvalue weighted by Gasteiger charge is -2.26. The largest absolute Gasteiger partial charge is 0.454 e. The number of carbonyl (C=O) groups is 2. The molecule has 186 valence electrons. The van der Waals surface area contributed by atoms with Crippen molar-refractivity contribution in [2.45, 2.75) is 31.2 Å². The molecule has 0 saturated carbocycles. The van der Waals surface area contributed by atoms with Crippen LogP contribution in [0.15, 0.2) is 23.1 Å². The number of nitrogens with one attached hydrogen (secondary N) is 2. The summed E-state index contributed by atoms with van der Waals surface area (Å²) >= 11 is 0. The minimum absolute atomic E-state index is 0.0694. The van der Waals surface area contributed by atoms with Crippen molar-refractivity contribution in [3.8, 4) is 6.07 Å². The number of nitriles is 1. The van der Waals surface area contributed by atoms with Gasteiger partial charge in [0.25, 0.3) is 11.6 Å². The van der Waals surface area contributed by atoms with E-state index in [2.05, 4.69) is 10.6 Å². The Morgan fingerprint density at radius 1 is 1.32 bits per heavy atom. The zero-order valence-corrected chi connectivity index (χ0v) is 19.7. The maximum Gasteiger partial charge on any atom is 0.329 e. The van der Waals surface area contributed by atoms with Gasteiger partial charge in [-0.2, -0.15) is 9.57 Å². The number of sulfonamides is 1. The molecule has 1 unspecified atom stereocenters. The lowest BCUT2D eigenvalue weighted by molar-refractivity contribution is -0.384. The van der Waals surface area contributed by atoms with Gasteiger partial charge in [-0.15, -0.1) is 0 Å². The first kappa shape index (κ1) is 27.0. The Morgan fingerprint density at radius 2 is 2.00 bits per heavy atom. The van der Waals surface area contributed by atoms with Crippen molar-refractivity contribution in [2.75, 3.05) is 44.8 Å². The highest BCUT2D eigenvalue weighted by atomic mass is 32.2. The van der Waals surface area contributed by atoms with Gasteiger partial charge in [-0.1, -0.05) is 13.8 Å². The summed E-state index contributed by atoms with van der Waals surface area (Å²) in [4.78, 5) is 34.9. The molecule has 1 heterocycles. The van der Waals surface area contributed by atoms with Crippen LogP contribution in [0, 0.1) is 27.4 Å². The number of nitro groups is 1. The number of amides is 1. The predicted octanol–water partition coefficient (Wildman–Crippen LogP) is 0.625. The Bertz CT molecular complexity index is 1050. The molecule has 2 rings (SSSR count). The Morgan fingerprint density at radius 3 is 2.59 bits per heavy atom. The van der Waals surface area contributed by atoms with E-state index >= 15 is 0 Å². The van der Waals surface area contributed by atoms with Crippen molar-refractivity contribution in [3.63, 3.8) is 0 Å². The molecule has 0 spiro atoms. The highest BCUT2D eigenvalue weighted by molar-refractivity contribution is 7.89. The summed E-state index contributed by atoms with van der Waals surface area (Å²) < 4.78 is 37.1. The van der Waals surface area contributed by atoms with Crippen LogP contribution >= 0.6 is 0 Å². The van der Waals surface area contributed by atoms with Gasteiger partial charge in [0.1, 0.15) is 11.7 Å². The fourth-order valence-corrected chi connectivity index (χ4v) is 4.51. The molecule has 1 aliphatic heterocycles. The number of ether oxygens (including phenoxy) is 2. The van der Waals surface area contributed by atoms with Crippen LogP contribution in [0.1, 0.15) is 20.3 Å². The molecule has 2 N–H and O–H groups in total. The van der Waals surface area contributed by atoms with E-state index in [4.69, 9.17) is 14.7 Å². The lowest BCUT2D eigenvalue weighted by Crippen LogP contribution is -2.40. The standard InChI is InChI=1S/C20H27N5O8S/c1-14(2)19(20(27)33-13-18(26)22-7-3-6-21)23-16-5-4-15(12-17(16)25(28)29)34(30,31)24-8-10-32-11-9-24/h4-5,12,14,19,23H,3,7-11,13H2,1-2H3,(H,22,26). The van der Waals surface area contributed by atoms with Crippen molar-refractivity contribution >= 4 is 33.3 Å². The van der Waals surface area contributed by atoms with E-state index in [1.165, 1.54) is 16.4 Å². The Balaban J connectivity index is 2.19. The van der Waals surface area contributed by atoms with Gasteiger partial charge >= 0.3 is 5.97 Å². The van der Waals surface area contributed by atoms with Gasteiger partial charge in [0.2, 0.25) is 10.0 Å². The number of esters is 1. The zero-order valence-electron chi connectivity index (χ0n) is 18.9. The molecule has 0 aliphatic carbocycles. The maximum atomic E-state index is 12.9. The van der Waals surface area contributed by atoms with E-state index < -0.39 is 45.2 Å². The van der Waals surface area contributed by atoms with Gasteiger partial charge in [0.05, 0.1) is 35.5 Å². The number of rotatable bonds is 11. The third kappa shape index (κ3) is 7.11. The highest BCUT2D eigenvalue weighted by Gasteiger charge is 2.31. The van der Waals surface area contributed by atoms with Gasteiger partial charge in [0, 0.05) is 25.7 Å². The Kier molecular flexibility index (Phi) is 9.72. The maximum absolute atomic E-state index is 12.9. The van der Waals surface area contributed by atoms with Crippen molar-refractivity contribution < 1.29 is 32.4 Å². The fraction of sp³-hybridized carbons (Fsp3) is 0.550. The molecule has 1 aromatic rings. The molecular weight excluding hydrogens is 470 g/mol. The number of morpholine rings is 1.